The van der Waals surface area contributed by atoms with E-state index in [1.165, 1.54) is 49.3 Å². The van der Waals surface area contributed by atoms with Crippen molar-refractivity contribution < 1.29 is 0 Å². The first-order valence-electron chi connectivity index (χ1n) is 16.9. The summed E-state index contributed by atoms with van der Waals surface area (Å²) in [4.78, 5) is 10.0. The predicted octanol–water partition coefficient (Wildman–Crippen LogP) is 11.7. The van der Waals surface area contributed by atoms with E-state index < -0.39 is 0 Å². The van der Waals surface area contributed by atoms with Crippen molar-refractivity contribution in [2.45, 2.75) is 0 Å². The van der Waals surface area contributed by atoms with Crippen molar-refractivity contribution in [1.82, 2.24) is 19.1 Å². The van der Waals surface area contributed by atoms with Crippen LogP contribution in [0, 0.1) is 0 Å². The summed E-state index contributed by atoms with van der Waals surface area (Å²) in [5.74, 6) is 0.647. The summed E-state index contributed by atoms with van der Waals surface area (Å²) in [6.07, 6.45) is 3.89. The second kappa shape index (κ2) is 11.4. The van der Waals surface area contributed by atoms with Gasteiger partial charge in [-0.1, -0.05) is 127 Å². The van der Waals surface area contributed by atoms with Gasteiger partial charge in [0.15, 0.2) is 0 Å². The molecule has 10 rings (SSSR count). The largest absolute Gasteiger partial charge is 0.309 e. The number of nitrogens with zero attached hydrogens (tertiary/aromatic N) is 4. The summed E-state index contributed by atoms with van der Waals surface area (Å²) in [6, 6.07) is 60.2. The first kappa shape index (κ1) is 28.3. The van der Waals surface area contributed by atoms with Crippen LogP contribution in [0.4, 0.5) is 0 Å². The van der Waals surface area contributed by atoms with Gasteiger partial charge < -0.3 is 4.57 Å². The molecule has 10 aromatic rings. The fourth-order valence-electron chi connectivity index (χ4n) is 7.54. The molecular formula is C46H30N4. The maximum atomic E-state index is 5.00. The van der Waals surface area contributed by atoms with Gasteiger partial charge in [0.25, 0.3) is 0 Å². The molecule has 0 saturated carbocycles. The normalized spacial score (nSPS) is 11.6. The Labute approximate surface area is 289 Å². The van der Waals surface area contributed by atoms with Gasteiger partial charge in [-0.2, -0.15) is 0 Å². The molecule has 0 radical (unpaired) electrons. The third-order valence-corrected chi connectivity index (χ3v) is 9.82. The van der Waals surface area contributed by atoms with Gasteiger partial charge in [0.2, 0.25) is 5.95 Å². The molecule has 0 spiro atoms. The highest BCUT2D eigenvalue weighted by molar-refractivity contribution is 6.26. The lowest BCUT2D eigenvalue weighted by molar-refractivity contribution is 0.990. The van der Waals surface area contributed by atoms with E-state index in [1.807, 2.05) is 12.4 Å². The van der Waals surface area contributed by atoms with Crippen LogP contribution in [0.1, 0.15) is 0 Å². The van der Waals surface area contributed by atoms with E-state index in [4.69, 9.17) is 9.97 Å². The van der Waals surface area contributed by atoms with Crippen molar-refractivity contribution in [3.05, 3.63) is 182 Å². The number of rotatable bonds is 5. The molecule has 0 aliphatic carbocycles. The molecule has 0 atom stereocenters. The fourth-order valence-corrected chi connectivity index (χ4v) is 7.54. The third kappa shape index (κ3) is 4.46. The highest BCUT2D eigenvalue weighted by atomic mass is 15.2. The lowest BCUT2D eigenvalue weighted by Gasteiger charge is -2.10. The monoisotopic (exact) mass is 638 g/mol. The molecular weight excluding hydrogens is 609 g/mol. The number of fused-ring (bicyclic) bond motifs is 7. The van der Waals surface area contributed by atoms with Crippen LogP contribution >= 0.6 is 0 Å². The maximum absolute atomic E-state index is 5.00. The highest BCUT2D eigenvalue weighted by Crippen LogP contribution is 2.41. The SMILES string of the molecule is c1ccc(-c2cccc(-c3cccc(-c4cnc(-n5c6ccccc6c6c5ccc5c7ccccc7n(-c7ccccc7)c56)nc4)c3)c2)cc1. The molecule has 3 heterocycles. The number of aromatic nitrogens is 4. The zero-order valence-corrected chi connectivity index (χ0v) is 27.1. The third-order valence-electron chi connectivity index (χ3n) is 9.82. The highest BCUT2D eigenvalue weighted by Gasteiger charge is 2.21. The number of benzene rings is 7. The topological polar surface area (TPSA) is 35.6 Å². The van der Waals surface area contributed by atoms with Crippen LogP contribution in [-0.2, 0) is 0 Å². The summed E-state index contributed by atoms with van der Waals surface area (Å²) in [5, 5.41) is 4.83. The van der Waals surface area contributed by atoms with E-state index in [2.05, 4.69) is 179 Å². The number of para-hydroxylation sites is 3. The van der Waals surface area contributed by atoms with E-state index in [-0.39, 0.29) is 0 Å². The Kier molecular flexibility index (Phi) is 6.46. The molecule has 0 aliphatic heterocycles. The Balaban J connectivity index is 1.11. The first-order chi connectivity index (χ1) is 24.8. The van der Waals surface area contributed by atoms with Crippen LogP contribution in [-0.4, -0.2) is 19.1 Å². The van der Waals surface area contributed by atoms with Crippen molar-refractivity contribution in [1.29, 1.82) is 0 Å². The Hall–Kier alpha value is -6.78. The zero-order chi connectivity index (χ0) is 33.0. The quantitative estimate of drug-likeness (QED) is 0.188. The minimum atomic E-state index is 0.647. The average Bonchev–Trinajstić information content (AvgIpc) is 3.72. The smallest absolute Gasteiger partial charge is 0.234 e. The molecule has 0 aliphatic rings. The fraction of sp³-hybridized carbons (Fsp3) is 0. The second-order valence-corrected chi connectivity index (χ2v) is 12.7. The lowest BCUT2D eigenvalue weighted by Crippen LogP contribution is -2.01. The number of hydrogen-bond donors (Lipinski definition) is 0. The molecule has 50 heavy (non-hydrogen) atoms. The standard InChI is InChI=1S/C46H30N4/c1-3-13-31(14-4-1)32-15-11-16-33(27-32)34-17-12-18-35(28-34)36-29-47-46(48-30-36)50-42-24-10-8-22-40(42)44-43(50)26-25-39-38-21-7-9-23-41(38)49(45(39)44)37-19-5-2-6-20-37/h1-30H. The van der Waals surface area contributed by atoms with Crippen molar-refractivity contribution in [2.75, 3.05) is 0 Å². The molecule has 4 nitrogen and oxygen atoms in total. The average molecular weight is 639 g/mol. The predicted molar refractivity (Wildman–Crippen MR) is 207 cm³/mol. The Bertz CT molecular complexity index is 2850. The molecule has 234 valence electrons. The minimum Gasteiger partial charge on any atom is -0.309 e. The Morgan fingerprint density at radius 3 is 1.54 bits per heavy atom. The van der Waals surface area contributed by atoms with Crippen LogP contribution < -0.4 is 0 Å². The van der Waals surface area contributed by atoms with Gasteiger partial charge in [-0.05, 0) is 70.3 Å². The molecule has 3 aromatic heterocycles. The molecule has 0 saturated heterocycles. The zero-order valence-electron chi connectivity index (χ0n) is 27.1. The van der Waals surface area contributed by atoms with Gasteiger partial charge in [-0.25, -0.2) is 9.97 Å². The van der Waals surface area contributed by atoms with E-state index in [9.17, 15) is 0 Å². The van der Waals surface area contributed by atoms with Crippen LogP contribution in [0.15, 0.2) is 182 Å². The molecule has 7 aromatic carbocycles. The van der Waals surface area contributed by atoms with Gasteiger partial charge in [0, 0.05) is 45.2 Å². The van der Waals surface area contributed by atoms with Crippen molar-refractivity contribution in [3.8, 4) is 45.0 Å². The Morgan fingerprint density at radius 2 is 0.860 bits per heavy atom. The van der Waals surface area contributed by atoms with E-state index >= 15 is 0 Å². The summed E-state index contributed by atoms with van der Waals surface area (Å²) >= 11 is 0. The van der Waals surface area contributed by atoms with Crippen molar-refractivity contribution in [2.24, 2.45) is 0 Å². The van der Waals surface area contributed by atoms with Gasteiger partial charge in [-0.3, -0.25) is 4.57 Å². The lowest BCUT2D eigenvalue weighted by atomic mass is 9.97. The van der Waals surface area contributed by atoms with Crippen molar-refractivity contribution >= 4 is 43.6 Å². The summed E-state index contributed by atoms with van der Waals surface area (Å²) in [6.45, 7) is 0. The maximum Gasteiger partial charge on any atom is 0.234 e. The second-order valence-electron chi connectivity index (χ2n) is 12.7. The molecule has 0 N–H and O–H groups in total. The van der Waals surface area contributed by atoms with Crippen LogP contribution in [0.5, 0.6) is 0 Å². The molecule has 0 fully saturated rings. The molecule has 0 bridgehead atoms. The van der Waals surface area contributed by atoms with Gasteiger partial charge in [0.05, 0.1) is 22.1 Å². The van der Waals surface area contributed by atoms with Crippen LogP contribution in [0.2, 0.25) is 0 Å². The molecule has 0 unspecified atom stereocenters. The number of hydrogen-bond acceptors (Lipinski definition) is 2. The van der Waals surface area contributed by atoms with Crippen LogP contribution in [0.3, 0.4) is 0 Å². The molecule has 4 heteroatoms. The van der Waals surface area contributed by atoms with E-state index in [0.29, 0.717) is 5.95 Å². The minimum absolute atomic E-state index is 0.647. The summed E-state index contributed by atoms with van der Waals surface area (Å²) in [5.41, 5.74) is 12.5. The summed E-state index contributed by atoms with van der Waals surface area (Å²) < 4.78 is 4.60. The van der Waals surface area contributed by atoms with E-state index in [0.717, 1.165) is 33.4 Å². The van der Waals surface area contributed by atoms with Gasteiger partial charge >= 0.3 is 0 Å². The van der Waals surface area contributed by atoms with Crippen LogP contribution in [0.25, 0.3) is 88.6 Å². The van der Waals surface area contributed by atoms with E-state index in [1.54, 1.807) is 0 Å². The summed E-state index contributed by atoms with van der Waals surface area (Å²) in [7, 11) is 0. The van der Waals surface area contributed by atoms with Gasteiger partial charge in [-0.15, -0.1) is 0 Å². The van der Waals surface area contributed by atoms with Gasteiger partial charge in [0.1, 0.15) is 0 Å². The van der Waals surface area contributed by atoms with Crippen molar-refractivity contribution in [3.63, 3.8) is 0 Å². The molecule has 0 amide bonds. The Morgan fingerprint density at radius 1 is 0.340 bits per heavy atom. The first-order valence-corrected chi connectivity index (χ1v) is 16.9.